The van der Waals surface area contributed by atoms with E-state index in [9.17, 15) is 14.9 Å². The Labute approximate surface area is 167 Å². The Kier molecular flexibility index (Phi) is 6.64. The van der Waals surface area contributed by atoms with Gasteiger partial charge in [-0.3, -0.25) is 9.59 Å². The first-order valence-corrected chi connectivity index (χ1v) is 10.8. The minimum absolute atomic E-state index is 0.113. The molecule has 1 unspecified atom stereocenters. The van der Waals surface area contributed by atoms with Crippen LogP contribution in [0, 0.1) is 34.5 Å². The van der Waals surface area contributed by atoms with Crippen molar-refractivity contribution >= 4 is 11.9 Å². The summed E-state index contributed by atoms with van der Waals surface area (Å²) in [4.78, 5) is 22.7. The molecular weight excluding hydrogens is 354 g/mol. The van der Waals surface area contributed by atoms with Crippen LogP contribution < -0.4 is 10.6 Å². The molecule has 0 aromatic rings. The van der Waals surface area contributed by atoms with Gasteiger partial charge in [0.15, 0.2) is 0 Å². The summed E-state index contributed by atoms with van der Waals surface area (Å²) >= 11 is 0. The van der Waals surface area contributed by atoms with E-state index in [2.05, 4.69) is 17.6 Å². The molecule has 0 aromatic carbocycles. The number of unbranched alkanes of at least 4 members (excludes halogenated alkanes) is 2. The van der Waals surface area contributed by atoms with Crippen LogP contribution in [0.15, 0.2) is 11.8 Å². The third-order valence-electron chi connectivity index (χ3n) is 7.20. The van der Waals surface area contributed by atoms with Gasteiger partial charge in [-0.2, -0.15) is 5.26 Å². The molecule has 28 heavy (non-hydrogen) atoms. The van der Waals surface area contributed by atoms with E-state index >= 15 is 0 Å². The van der Waals surface area contributed by atoms with Crippen molar-refractivity contribution < 1.29 is 14.7 Å². The van der Waals surface area contributed by atoms with Gasteiger partial charge in [0.25, 0.3) is 5.91 Å². The van der Waals surface area contributed by atoms with Crippen molar-refractivity contribution in [2.24, 2.45) is 23.2 Å². The molecule has 0 heterocycles. The van der Waals surface area contributed by atoms with Crippen molar-refractivity contribution in [3.8, 4) is 6.07 Å². The van der Waals surface area contributed by atoms with E-state index in [1.54, 1.807) is 6.20 Å². The summed E-state index contributed by atoms with van der Waals surface area (Å²) in [6.07, 6.45) is 11.9. The molecule has 1 amide bonds. The molecule has 154 valence electrons. The summed E-state index contributed by atoms with van der Waals surface area (Å²) in [5, 5.41) is 24.1. The van der Waals surface area contributed by atoms with Crippen LogP contribution in [-0.4, -0.2) is 29.6 Å². The predicted molar refractivity (Wildman–Crippen MR) is 106 cm³/mol. The molecule has 6 heteroatoms. The molecule has 6 nitrogen and oxygen atoms in total. The number of carboxylic acids is 1. The maximum Gasteiger partial charge on any atom is 0.303 e. The summed E-state index contributed by atoms with van der Waals surface area (Å²) in [5.74, 6) is 1.47. The Balaban J connectivity index is 1.46. The fraction of sp³-hybridized carbons (Fsp3) is 0.773. The van der Waals surface area contributed by atoms with Gasteiger partial charge in [0.2, 0.25) is 0 Å². The Morgan fingerprint density at radius 2 is 1.75 bits per heavy atom. The maximum atomic E-state index is 12.2. The summed E-state index contributed by atoms with van der Waals surface area (Å²) < 4.78 is 0. The van der Waals surface area contributed by atoms with Gasteiger partial charge in [0.1, 0.15) is 11.6 Å². The molecule has 1 atom stereocenters. The highest BCUT2D eigenvalue weighted by Crippen LogP contribution is 2.61. The lowest BCUT2D eigenvalue weighted by molar-refractivity contribution is -0.137. The summed E-state index contributed by atoms with van der Waals surface area (Å²) in [5.41, 5.74) is 0.439. The molecular formula is C22H33N3O3. The van der Waals surface area contributed by atoms with Gasteiger partial charge in [-0.25, -0.2) is 0 Å². The third-order valence-corrected chi connectivity index (χ3v) is 7.20. The third kappa shape index (κ3) is 4.87. The van der Waals surface area contributed by atoms with Gasteiger partial charge in [0, 0.05) is 25.2 Å². The monoisotopic (exact) mass is 387 g/mol. The molecule has 0 saturated heterocycles. The Morgan fingerprint density at radius 3 is 2.29 bits per heavy atom. The van der Waals surface area contributed by atoms with Gasteiger partial charge in [-0.1, -0.05) is 6.42 Å². The van der Waals surface area contributed by atoms with Crippen LogP contribution in [-0.2, 0) is 9.59 Å². The smallest absolute Gasteiger partial charge is 0.303 e. The zero-order valence-electron chi connectivity index (χ0n) is 16.9. The minimum atomic E-state index is -0.794. The normalized spacial score (nSPS) is 31.9. The van der Waals surface area contributed by atoms with Crippen LogP contribution in [0.4, 0.5) is 0 Å². The van der Waals surface area contributed by atoms with Gasteiger partial charge in [-0.15, -0.1) is 0 Å². The summed E-state index contributed by atoms with van der Waals surface area (Å²) in [6.45, 7) is 2.67. The number of rotatable bonds is 10. The van der Waals surface area contributed by atoms with Gasteiger partial charge in [0.05, 0.1) is 0 Å². The Bertz CT molecular complexity index is 629. The molecule has 4 rings (SSSR count). The second kappa shape index (κ2) is 8.98. The van der Waals surface area contributed by atoms with Gasteiger partial charge < -0.3 is 15.7 Å². The molecule has 4 aliphatic rings. The van der Waals surface area contributed by atoms with Crippen LogP contribution in [0.1, 0.15) is 71.1 Å². The molecule has 0 aliphatic heterocycles. The van der Waals surface area contributed by atoms with Crippen LogP contribution in [0.25, 0.3) is 0 Å². The Hall–Kier alpha value is -2.03. The lowest BCUT2D eigenvalue weighted by atomic mass is 9.48. The first kappa shape index (κ1) is 20.7. The molecule has 4 bridgehead atoms. The molecule has 4 saturated carbocycles. The molecule has 4 fully saturated rings. The van der Waals surface area contributed by atoms with E-state index in [-0.39, 0.29) is 23.9 Å². The molecule has 0 radical (unpaired) electrons. The van der Waals surface area contributed by atoms with E-state index in [0.29, 0.717) is 18.4 Å². The topological polar surface area (TPSA) is 102 Å². The van der Waals surface area contributed by atoms with Crippen LogP contribution in [0.3, 0.4) is 0 Å². The number of carbonyl (C=O) groups is 2. The summed E-state index contributed by atoms with van der Waals surface area (Å²) in [7, 11) is 0. The van der Waals surface area contributed by atoms with Crippen molar-refractivity contribution in [1.29, 1.82) is 5.26 Å². The lowest BCUT2D eigenvalue weighted by Gasteiger charge is -2.59. The van der Waals surface area contributed by atoms with E-state index in [0.717, 1.165) is 30.6 Å². The highest BCUT2D eigenvalue weighted by molar-refractivity contribution is 5.97. The number of aliphatic carboxylic acids is 1. The number of nitrogens with one attached hydrogen (secondary N) is 2. The number of carboxylic acid groups (broad SMARTS) is 1. The Morgan fingerprint density at radius 1 is 1.14 bits per heavy atom. The number of amides is 1. The average molecular weight is 388 g/mol. The highest BCUT2D eigenvalue weighted by Gasteiger charge is 2.52. The van der Waals surface area contributed by atoms with Crippen molar-refractivity contribution in [2.75, 3.05) is 6.54 Å². The molecule has 0 spiro atoms. The molecule has 3 N–H and O–H groups in total. The van der Waals surface area contributed by atoms with Crippen molar-refractivity contribution in [3.63, 3.8) is 0 Å². The summed E-state index contributed by atoms with van der Waals surface area (Å²) in [6, 6.07) is 2.28. The second-order valence-electron chi connectivity index (χ2n) is 9.30. The number of nitriles is 1. The lowest BCUT2D eigenvalue weighted by Crippen LogP contribution is -2.54. The maximum absolute atomic E-state index is 12.2. The average Bonchev–Trinajstić information content (AvgIpc) is 2.63. The number of hydrogen-bond donors (Lipinski definition) is 3. The van der Waals surface area contributed by atoms with E-state index in [1.807, 2.05) is 6.07 Å². The highest BCUT2D eigenvalue weighted by atomic mass is 16.4. The standard InChI is InChI=1S/C22H33N3O3/c1-15(22-10-16-7-17(11-22)9-18(8-16)12-22)25-14-19(13-23)21(28)24-6-4-2-3-5-20(26)27/h14-18,25H,2-12H2,1H3,(H,24,28)(H,26,27)/b19-14-. The first-order valence-electron chi connectivity index (χ1n) is 10.8. The van der Waals surface area contributed by atoms with Gasteiger partial charge in [-0.05, 0) is 81.5 Å². The van der Waals surface area contributed by atoms with E-state index < -0.39 is 5.97 Å². The second-order valence-corrected chi connectivity index (χ2v) is 9.30. The zero-order valence-corrected chi connectivity index (χ0v) is 16.9. The van der Waals surface area contributed by atoms with Crippen LogP contribution in [0.5, 0.6) is 0 Å². The SMILES string of the molecule is CC(N/C=C(/C#N)C(=O)NCCCCCC(=O)O)C12CC3CC(CC(C3)C1)C2. The largest absolute Gasteiger partial charge is 0.481 e. The zero-order chi connectivity index (χ0) is 20.1. The van der Waals surface area contributed by atoms with Crippen LogP contribution in [0.2, 0.25) is 0 Å². The van der Waals surface area contributed by atoms with Gasteiger partial charge >= 0.3 is 5.97 Å². The van der Waals surface area contributed by atoms with Crippen molar-refractivity contribution in [1.82, 2.24) is 10.6 Å². The minimum Gasteiger partial charge on any atom is -0.481 e. The fourth-order valence-electron chi connectivity index (χ4n) is 6.12. The first-order chi connectivity index (χ1) is 13.4. The predicted octanol–water partition coefficient (Wildman–Crippen LogP) is 3.35. The van der Waals surface area contributed by atoms with Crippen LogP contribution >= 0.6 is 0 Å². The number of hydrogen-bond acceptors (Lipinski definition) is 4. The fourth-order valence-corrected chi connectivity index (χ4v) is 6.12. The molecule has 4 aliphatic carbocycles. The van der Waals surface area contributed by atoms with E-state index in [4.69, 9.17) is 5.11 Å². The van der Waals surface area contributed by atoms with Crippen molar-refractivity contribution in [3.05, 3.63) is 11.8 Å². The number of nitrogens with zero attached hydrogens (tertiary/aromatic N) is 1. The quantitative estimate of drug-likeness (QED) is 0.303. The van der Waals surface area contributed by atoms with Crippen molar-refractivity contribution in [2.45, 2.75) is 77.2 Å². The molecule has 0 aromatic heterocycles. The number of carbonyl (C=O) groups excluding carboxylic acids is 1. The van der Waals surface area contributed by atoms with E-state index in [1.165, 1.54) is 38.5 Å².